The van der Waals surface area contributed by atoms with E-state index in [0.29, 0.717) is 12.2 Å². The van der Waals surface area contributed by atoms with Gasteiger partial charge in [-0.1, -0.05) is 0 Å². The number of halogens is 2. The van der Waals surface area contributed by atoms with Crippen molar-refractivity contribution in [1.29, 1.82) is 0 Å². The molecule has 2 aromatic rings. The van der Waals surface area contributed by atoms with Gasteiger partial charge in [0.15, 0.2) is 0 Å². The standard InChI is InChI=1S/C13H9BrFN3O2/c14-9-5-8-11(6-10(9)15)18(13(20)12(8)19)4-3-17-2-1-16-7-17/h1-2,5-7H,3-4H2. The van der Waals surface area contributed by atoms with Crippen LogP contribution in [0.1, 0.15) is 10.4 Å². The molecule has 1 aromatic carbocycles. The predicted molar refractivity (Wildman–Crippen MR) is 73.0 cm³/mol. The number of imidazole rings is 1. The van der Waals surface area contributed by atoms with Gasteiger partial charge in [0.25, 0.3) is 11.7 Å². The highest BCUT2D eigenvalue weighted by Gasteiger charge is 2.36. The van der Waals surface area contributed by atoms with Crippen molar-refractivity contribution < 1.29 is 14.0 Å². The Kier molecular flexibility index (Phi) is 3.13. The van der Waals surface area contributed by atoms with Gasteiger partial charge in [-0.3, -0.25) is 9.59 Å². The van der Waals surface area contributed by atoms with Gasteiger partial charge in [-0.25, -0.2) is 9.37 Å². The van der Waals surface area contributed by atoms with E-state index in [1.54, 1.807) is 23.3 Å². The summed E-state index contributed by atoms with van der Waals surface area (Å²) in [6.45, 7) is 0.769. The molecule has 0 aliphatic carbocycles. The summed E-state index contributed by atoms with van der Waals surface area (Å²) in [5.41, 5.74) is 0.551. The van der Waals surface area contributed by atoms with Gasteiger partial charge in [-0.05, 0) is 28.1 Å². The van der Waals surface area contributed by atoms with Crippen LogP contribution in [0.25, 0.3) is 0 Å². The smallest absolute Gasteiger partial charge is 0.299 e. The Bertz CT molecular complexity index is 700. The largest absolute Gasteiger partial charge is 0.336 e. The summed E-state index contributed by atoms with van der Waals surface area (Å²) in [6, 6.07) is 2.55. The van der Waals surface area contributed by atoms with Crippen molar-refractivity contribution in [2.24, 2.45) is 0 Å². The second-order valence-electron chi connectivity index (χ2n) is 4.37. The molecule has 0 fully saturated rings. The van der Waals surface area contributed by atoms with Gasteiger partial charge in [-0.2, -0.15) is 0 Å². The quantitative estimate of drug-likeness (QED) is 0.805. The lowest BCUT2D eigenvalue weighted by atomic mass is 10.1. The predicted octanol–water partition coefficient (Wildman–Crippen LogP) is 2.01. The van der Waals surface area contributed by atoms with Crippen molar-refractivity contribution in [3.05, 3.63) is 46.7 Å². The third kappa shape index (κ3) is 2.03. The minimum Gasteiger partial charge on any atom is -0.336 e. The summed E-state index contributed by atoms with van der Waals surface area (Å²) in [5.74, 6) is -1.73. The third-order valence-corrected chi connectivity index (χ3v) is 3.76. The van der Waals surface area contributed by atoms with Crippen molar-refractivity contribution in [3.8, 4) is 0 Å². The Morgan fingerprint density at radius 3 is 2.75 bits per heavy atom. The number of ketones is 1. The summed E-state index contributed by atoms with van der Waals surface area (Å²) in [7, 11) is 0. The molecule has 3 rings (SSSR count). The van der Waals surface area contributed by atoms with E-state index >= 15 is 0 Å². The highest BCUT2D eigenvalue weighted by Crippen LogP contribution is 2.33. The van der Waals surface area contributed by atoms with Crippen molar-refractivity contribution in [2.75, 3.05) is 11.4 Å². The molecule has 0 saturated carbocycles. The molecular weight excluding hydrogens is 329 g/mol. The van der Waals surface area contributed by atoms with Gasteiger partial charge in [0, 0.05) is 25.5 Å². The molecule has 0 N–H and O–H groups in total. The number of amides is 1. The average molecular weight is 338 g/mol. The zero-order valence-electron chi connectivity index (χ0n) is 10.2. The van der Waals surface area contributed by atoms with Crippen molar-refractivity contribution >= 4 is 33.3 Å². The van der Waals surface area contributed by atoms with Crippen molar-refractivity contribution in [3.63, 3.8) is 0 Å². The van der Waals surface area contributed by atoms with Crippen LogP contribution in [-0.4, -0.2) is 27.8 Å². The summed E-state index contributed by atoms with van der Waals surface area (Å²) in [5, 5.41) is 0. The number of nitrogens with zero attached hydrogens (tertiary/aromatic N) is 3. The number of benzene rings is 1. The molecule has 20 heavy (non-hydrogen) atoms. The first-order chi connectivity index (χ1) is 9.58. The molecule has 0 radical (unpaired) electrons. The van der Waals surface area contributed by atoms with Crippen LogP contribution in [0.5, 0.6) is 0 Å². The lowest BCUT2D eigenvalue weighted by Gasteiger charge is -2.16. The zero-order chi connectivity index (χ0) is 14.3. The van der Waals surface area contributed by atoms with E-state index in [1.165, 1.54) is 17.0 Å². The molecule has 102 valence electrons. The van der Waals surface area contributed by atoms with Crippen LogP contribution in [0.15, 0.2) is 35.3 Å². The average Bonchev–Trinajstić information content (AvgIpc) is 3.00. The van der Waals surface area contributed by atoms with Crippen LogP contribution >= 0.6 is 15.9 Å². The first-order valence-electron chi connectivity index (χ1n) is 5.89. The first-order valence-corrected chi connectivity index (χ1v) is 6.68. The van der Waals surface area contributed by atoms with Crippen LogP contribution in [0.3, 0.4) is 0 Å². The van der Waals surface area contributed by atoms with E-state index in [1.807, 2.05) is 0 Å². The second-order valence-corrected chi connectivity index (χ2v) is 5.22. The zero-order valence-corrected chi connectivity index (χ0v) is 11.8. The highest BCUT2D eigenvalue weighted by atomic mass is 79.9. The number of fused-ring (bicyclic) bond motifs is 1. The van der Waals surface area contributed by atoms with E-state index < -0.39 is 17.5 Å². The number of rotatable bonds is 3. The molecule has 1 aliphatic rings. The van der Waals surface area contributed by atoms with Gasteiger partial charge < -0.3 is 9.47 Å². The molecule has 1 aromatic heterocycles. The fourth-order valence-electron chi connectivity index (χ4n) is 2.15. The topological polar surface area (TPSA) is 55.2 Å². The third-order valence-electron chi connectivity index (χ3n) is 3.15. The lowest BCUT2D eigenvalue weighted by Crippen LogP contribution is -2.32. The molecule has 0 atom stereocenters. The minimum absolute atomic E-state index is 0.175. The summed E-state index contributed by atoms with van der Waals surface area (Å²) in [6.07, 6.45) is 5.00. The van der Waals surface area contributed by atoms with E-state index in [9.17, 15) is 14.0 Å². The maximum atomic E-state index is 13.6. The molecule has 7 heteroatoms. The number of aromatic nitrogens is 2. The number of carbonyl (C=O) groups excluding carboxylic acids is 2. The number of anilines is 1. The Morgan fingerprint density at radius 1 is 1.25 bits per heavy atom. The van der Waals surface area contributed by atoms with Gasteiger partial charge >= 0.3 is 0 Å². The van der Waals surface area contributed by atoms with Crippen LogP contribution in [0, 0.1) is 5.82 Å². The molecule has 0 saturated heterocycles. The SMILES string of the molecule is O=C1C(=O)N(CCn2ccnc2)c2cc(F)c(Br)cc21. The number of carbonyl (C=O) groups is 2. The molecule has 2 heterocycles. The van der Waals surface area contributed by atoms with E-state index in [4.69, 9.17) is 0 Å². The molecular formula is C13H9BrFN3O2. The molecule has 0 spiro atoms. The lowest BCUT2D eigenvalue weighted by molar-refractivity contribution is -0.114. The van der Waals surface area contributed by atoms with Crippen LogP contribution in [0.2, 0.25) is 0 Å². The maximum absolute atomic E-state index is 13.6. The fraction of sp³-hybridized carbons (Fsp3) is 0.154. The van der Waals surface area contributed by atoms with Crippen molar-refractivity contribution in [1.82, 2.24) is 9.55 Å². The summed E-state index contributed by atoms with van der Waals surface area (Å²) >= 11 is 3.02. The van der Waals surface area contributed by atoms with Crippen molar-refractivity contribution in [2.45, 2.75) is 6.54 Å². The van der Waals surface area contributed by atoms with E-state index in [0.717, 1.165) is 0 Å². The Hall–Kier alpha value is -2.02. The number of hydrogen-bond acceptors (Lipinski definition) is 3. The van der Waals surface area contributed by atoms with E-state index in [2.05, 4.69) is 20.9 Å². The summed E-state index contributed by atoms with van der Waals surface area (Å²) < 4.78 is 15.6. The van der Waals surface area contributed by atoms with Gasteiger partial charge in [0.05, 0.1) is 22.1 Å². The number of Topliss-reactive ketones (excluding diaryl/α,β-unsaturated/α-hetero) is 1. The van der Waals surface area contributed by atoms with Gasteiger partial charge in [0.2, 0.25) is 0 Å². The maximum Gasteiger partial charge on any atom is 0.299 e. The fourth-order valence-corrected chi connectivity index (χ4v) is 2.49. The molecule has 0 bridgehead atoms. The minimum atomic E-state index is -0.627. The Morgan fingerprint density at radius 2 is 2.05 bits per heavy atom. The first kappa shape index (κ1) is 13.0. The second kappa shape index (κ2) is 4.82. The number of hydrogen-bond donors (Lipinski definition) is 0. The van der Waals surface area contributed by atoms with Crippen LogP contribution in [-0.2, 0) is 11.3 Å². The molecule has 1 amide bonds. The highest BCUT2D eigenvalue weighted by molar-refractivity contribution is 9.10. The molecule has 0 unspecified atom stereocenters. The molecule has 5 nitrogen and oxygen atoms in total. The molecule has 1 aliphatic heterocycles. The van der Waals surface area contributed by atoms with Gasteiger partial charge in [-0.15, -0.1) is 0 Å². The van der Waals surface area contributed by atoms with Gasteiger partial charge in [0.1, 0.15) is 5.82 Å². The van der Waals surface area contributed by atoms with Crippen LogP contribution < -0.4 is 4.90 Å². The normalized spacial score (nSPS) is 14.0. The van der Waals surface area contributed by atoms with Crippen LogP contribution in [0.4, 0.5) is 10.1 Å². The van der Waals surface area contributed by atoms with E-state index in [-0.39, 0.29) is 16.6 Å². The Balaban J connectivity index is 1.91. The Labute approximate surface area is 122 Å². The summed E-state index contributed by atoms with van der Waals surface area (Å²) in [4.78, 5) is 29.0. The monoisotopic (exact) mass is 337 g/mol.